The number of carbonyl (C=O) groups excluding carboxylic acids is 2. The highest BCUT2D eigenvalue weighted by Gasteiger charge is 2.54. The van der Waals surface area contributed by atoms with Crippen molar-refractivity contribution in [3.63, 3.8) is 0 Å². The van der Waals surface area contributed by atoms with Crippen LogP contribution in [0.1, 0.15) is 27.1 Å². The highest BCUT2D eigenvalue weighted by atomic mass is 35.5. The number of hydrogen-bond donors (Lipinski definition) is 0. The summed E-state index contributed by atoms with van der Waals surface area (Å²) in [5, 5.41) is 15.7. The quantitative estimate of drug-likeness (QED) is 0.0830. The summed E-state index contributed by atoms with van der Waals surface area (Å²) in [7, 11) is 0. The predicted octanol–water partition coefficient (Wildman–Crippen LogP) is 7.43. The highest BCUT2D eigenvalue weighted by Crippen LogP contribution is 2.41. The van der Waals surface area contributed by atoms with Gasteiger partial charge in [0.25, 0.3) is 0 Å². The summed E-state index contributed by atoms with van der Waals surface area (Å²) in [4.78, 5) is 38.3. The van der Waals surface area contributed by atoms with Gasteiger partial charge in [-0.1, -0.05) is 55.8 Å². The molecule has 2 aromatic rings. The lowest BCUT2D eigenvalue weighted by molar-refractivity contribution is -0.135. The van der Waals surface area contributed by atoms with Crippen LogP contribution in [-0.4, -0.2) is 61.0 Å². The second-order valence-electron chi connectivity index (χ2n) is 9.74. The van der Waals surface area contributed by atoms with E-state index in [2.05, 4.69) is 40.1 Å². The van der Waals surface area contributed by atoms with Gasteiger partial charge in [-0.25, -0.2) is 9.59 Å². The van der Waals surface area contributed by atoms with Crippen LogP contribution < -0.4 is 0 Å². The Kier molecular flexibility index (Phi) is 11.4. The maximum Gasteiger partial charge on any atom is 0.338 e. The van der Waals surface area contributed by atoms with Gasteiger partial charge in [-0.15, -0.1) is 0 Å². The zero-order chi connectivity index (χ0) is 32.3. The fourth-order valence-corrected chi connectivity index (χ4v) is 5.45. The average Bonchev–Trinajstić information content (AvgIpc) is 3.03. The summed E-state index contributed by atoms with van der Waals surface area (Å²) in [6.07, 6.45) is -2.01. The molecule has 19 heteroatoms. The maximum absolute atomic E-state index is 13.5. The van der Waals surface area contributed by atoms with E-state index in [9.17, 15) is 26.2 Å². The van der Waals surface area contributed by atoms with E-state index < -0.39 is 60.4 Å². The molecule has 45 heavy (non-hydrogen) atoms. The molecule has 0 N–H and O–H groups in total. The van der Waals surface area contributed by atoms with Gasteiger partial charge in [-0.2, -0.15) is 0 Å². The van der Waals surface area contributed by atoms with Crippen molar-refractivity contribution in [1.82, 2.24) is 0 Å². The summed E-state index contributed by atoms with van der Waals surface area (Å²) in [6.45, 7) is -0.142. The molecule has 0 radical (unpaired) electrons. The molecule has 1 aliphatic carbocycles. The van der Waals surface area contributed by atoms with E-state index in [1.807, 2.05) is 0 Å². The molecule has 0 aromatic heterocycles. The van der Waals surface area contributed by atoms with Gasteiger partial charge in [0.05, 0.1) is 42.0 Å². The molecule has 17 nitrogen and oxygen atoms in total. The summed E-state index contributed by atoms with van der Waals surface area (Å²) >= 11 is 11.9. The summed E-state index contributed by atoms with van der Waals surface area (Å²) in [5.74, 6) is -2.88. The van der Waals surface area contributed by atoms with E-state index in [1.54, 1.807) is 0 Å². The minimum absolute atomic E-state index is 0.0736. The van der Waals surface area contributed by atoms with E-state index in [1.165, 1.54) is 60.7 Å². The van der Waals surface area contributed by atoms with Crippen LogP contribution in [-0.2, 0) is 14.2 Å². The average molecular weight is 653 g/mol. The Morgan fingerprint density at radius 2 is 1.29 bits per heavy atom. The van der Waals surface area contributed by atoms with Crippen LogP contribution in [0.2, 0.25) is 10.0 Å². The maximum atomic E-state index is 13.5. The molecule has 0 spiro atoms. The number of nitrogens with zero attached hydrogens (tertiary/aromatic N) is 12. The standard InChI is InChI=1S/C26H22Cl2N12O5/c27-15-5-1-13(2-6-15)25(41)44-23-20(36-40-32)11-19(35-39-31)21(24(23)45-26(42)14-3-7-16(28)8-4-14)22-18(34-38-30)10-9-17(43-22)12-33-37-29/h1-10,17-24H,11-12H2/t17-,18+,19-,20+,21-,22-,23-,24-/m0/s1. The number of halogens is 2. The monoisotopic (exact) mass is 652 g/mol. The molecule has 0 saturated heterocycles. The molecular weight excluding hydrogens is 631 g/mol. The molecule has 4 rings (SSSR count). The Morgan fingerprint density at radius 3 is 1.82 bits per heavy atom. The van der Waals surface area contributed by atoms with Crippen molar-refractivity contribution in [2.75, 3.05) is 6.54 Å². The fourth-order valence-electron chi connectivity index (χ4n) is 5.20. The van der Waals surface area contributed by atoms with Crippen molar-refractivity contribution in [2.45, 2.75) is 49.0 Å². The first-order valence-electron chi connectivity index (χ1n) is 13.2. The Labute approximate surface area is 264 Å². The zero-order valence-electron chi connectivity index (χ0n) is 23.0. The number of esters is 2. The summed E-state index contributed by atoms with van der Waals surface area (Å²) < 4.78 is 18.0. The summed E-state index contributed by atoms with van der Waals surface area (Å²) in [5.41, 5.74) is 37.2. The van der Waals surface area contributed by atoms with Gasteiger partial charge in [0.15, 0.2) is 0 Å². The van der Waals surface area contributed by atoms with Crippen LogP contribution in [0.15, 0.2) is 81.1 Å². The van der Waals surface area contributed by atoms with Crippen molar-refractivity contribution in [2.24, 2.45) is 26.4 Å². The van der Waals surface area contributed by atoms with Crippen LogP contribution in [0.3, 0.4) is 0 Å². The molecule has 0 unspecified atom stereocenters. The lowest BCUT2D eigenvalue weighted by Crippen LogP contribution is -2.61. The van der Waals surface area contributed by atoms with Gasteiger partial charge in [0, 0.05) is 41.7 Å². The third-order valence-corrected chi connectivity index (χ3v) is 7.64. The van der Waals surface area contributed by atoms with Crippen LogP contribution in [0.25, 0.3) is 41.8 Å². The number of carbonyl (C=O) groups is 2. The Balaban J connectivity index is 1.85. The van der Waals surface area contributed by atoms with E-state index in [0.717, 1.165) is 0 Å². The smallest absolute Gasteiger partial charge is 0.338 e. The van der Waals surface area contributed by atoms with Gasteiger partial charge in [-0.05, 0) is 77.1 Å². The topological polar surface area (TPSA) is 257 Å². The normalized spacial score (nSPS) is 26.9. The summed E-state index contributed by atoms with van der Waals surface area (Å²) in [6, 6.07) is 8.22. The fraction of sp³-hybridized carbons (Fsp3) is 0.385. The van der Waals surface area contributed by atoms with Gasteiger partial charge >= 0.3 is 11.9 Å². The Bertz CT molecular complexity index is 1630. The molecule has 1 heterocycles. The second-order valence-corrected chi connectivity index (χ2v) is 10.6. The van der Waals surface area contributed by atoms with E-state index in [0.29, 0.717) is 10.0 Å². The number of ether oxygens (including phenoxy) is 3. The van der Waals surface area contributed by atoms with Gasteiger partial charge in [0.1, 0.15) is 12.2 Å². The van der Waals surface area contributed by atoms with Crippen LogP contribution in [0.4, 0.5) is 0 Å². The number of hydrogen-bond acceptors (Lipinski definition) is 9. The first-order chi connectivity index (χ1) is 21.8. The molecule has 0 bridgehead atoms. The van der Waals surface area contributed by atoms with Crippen molar-refractivity contribution < 1.29 is 23.8 Å². The lowest BCUT2D eigenvalue weighted by atomic mass is 9.72. The largest absolute Gasteiger partial charge is 0.454 e. The Hall–Kier alpha value is -5.10. The zero-order valence-corrected chi connectivity index (χ0v) is 24.5. The first kappa shape index (κ1) is 32.8. The second kappa shape index (κ2) is 15.6. The van der Waals surface area contributed by atoms with Crippen LogP contribution in [0, 0.1) is 5.92 Å². The van der Waals surface area contributed by atoms with Crippen LogP contribution in [0.5, 0.6) is 0 Å². The minimum atomic E-state index is -1.49. The number of benzene rings is 2. The molecule has 2 aliphatic rings. The molecule has 1 aliphatic heterocycles. The third-order valence-electron chi connectivity index (χ3n) is 7.14. The highest BCUT2D eigenvalue weighted by molar-refractivity contribution is 6.31. The molecule has 8 atom stereocenters. The van der Waals surface area contributed by atoms with Gasteiger partial charge in [-0.3, -0.25) is 0 Å². The predicted molar refractivity (Wildman–Crippen MR) is 160 cm³/mol. The molecule has 1 saturated carbocycles. The number of rotatable bonds is 10. The Morgan fingerprint density at radius 1 is 0.756 bits per heavy atom. The van der Waals surface area contributed by atoms with E-state index in [4.69, 9.17) is 42.9 Å². The van der Waals surface area contributed by atoms with E-state index in [-0.39, 0.29) is 24.1 Å². The van der Waals surface area contributed by atoms with Crippen molar-refractivity contribution >= 4 is 35.1 Å². The first-order valence-corrected chi connectivity index (χ1v) is 14.0. The van der Waals surface area contributed by atoms with Crippen molar-refractivity contribution in [1.29, 1.82) is 0 Å². The molecule has 0 amide bonds. The van der Waals surface area contributed by atoms with Crippen molar-refractivity contribution in [3.05, 3.63) is 124 Å². The molecule has 230 valence electrons. The molecular formula is C26H22Cl2N12O5. The minimum Gasteiger partial charge on any atom is -0.454 e. The van der Waals surface area contributed by atoms with E-state index >= 15 is 0 Å². The van der Waals surface area contributed by atoms with Gasteiger partial charge < -0.3 is 14.2 Å². The van der Waals surface area contributed by atoms with Crippen LogP contribution >= 0.6 is 23.2 Å². The SMILES string of the molecule is [N-]=[N+]=NC[C@@H]1C=C[C@@H](N=[N+]=[N-])[C@@H]([C@H]2[C@H](OC(=O)c3ccc(Cl)cc3)[C@@H](OC(=O)c3ccc(Cl)cc3)[C@H](N=[N+]=[N-])C[C@@H]2N=[N+]=[N-])O1. The third kappa shape index (κ3) is 8.09. The lowest BCUT2D eigenvalue weighted by Gasteiger charge is -2.48. The van der Waals surface area contributed by atoms with Crippen molar-refractivity contribution in [3.8, 4) is 0 Å². The van der Waals surface area contributed by atoms with Gasteiger partial charge in [0.2, 0.25) is 0 Å². The molecule has 1 fully saturated rings. The molecule has 2 aromatic carbocycles. The number of azide groups is 4.